The Hall–Kier alpha value is -2.86. The van der Waals surface area contributed by atoms with Gasteiger partial charge in [0.05, 0.1) is 5.69 Å². The number of carbonyl (C=O) groups excluding carboxylic acids is 1. The maximum Gasteiger partial charge on any atom is 0.161 e. The second-order valence-electron chi connectivity index (χ2n) is 7.13. The highest BCUT2D eigenvalue weighted by Crippen LogP contribution is 2.39. The first-order valence-corrected chi connectivity index (χ1v) is 8.95. The van der Waals surface area contributed by atoms with Crippen LogP contribution in [0.25, 0.3) is 0 Å². The van der Waals surface area contributed by atoms with E-state index in [1.165, 1.54) is 0 Å². The third-order valence-corrected chi connectivity index (χ3v) is 4.70. The highest BCUT2D eigenvalue weighted by molar-refractivity contribution is 5.81. The number of allylic oxidation sites excluding steroid dienone is 3. The Morgan fingerprint density at radius 3 is 2.74 bits per heavy atom. The number of aldehydes is 1. The number of hydrogen-bond acceptors (Lipinski definition) is 6. The predicted molar refractivity (Wildman–Crippen MR) is 104 cm³/mol. The number of nitrogens with zero attached hydrogens (tertiary/aromatic N) is 4. The molecular formula is C21H24N4O2. The number of aryl methyl sites for hydroxylation is 1. The molecule has 0 aromatic carbocycles. The zero-order valence-electron chi connectivity index (χ0n) is 16.0. The Balaban J connectivity index is 2.24. The summed E-state index contributed by atoms with van der Waals surface area (Å²) in [6.45, 7) is 7.26. The molecule has 0 spiro atoms. The van der Waals surface area contributed by atoms with Gasteiger partial charge < -0.3 is 10.0 Å². The van der Waals surface area contributed by atoms with E-state index in [0.717, 1.165) is 29.7 Å². The molecule has 3 heterocycles. The summed E-state index contributed by atoms with van der Waals surface area (Å²) in [5.41, 5.74) is 1.01. The average molecular weight is 364 g/mol. The van der Waals surface area contributed by atoms with Gasteiger partial charge in [-0.3, -0.25) is 9.78 Å². The van der Waals surface area contributed by atoms with E-state index in [0.29, 0.717) is 5.69 Å². The fourth-order valence-electron chi connectivity index (χ4n) is 3.30. The summed E-state index contributed by atoms with van der Waals surface area (Å²) < 4.78 is 0. The summed E-state index contributed by atoms with van der Waals surface area (Å²) in [5.74, 6) is 0.271. The third-order valence-electron chi connectivity index (χ3n) is 4.70. The van der Waals surface area contributed by atoms with E-state index >= 15 is 0 Å². The van der Waals surface area contributed by atoms with Crippen LogP contribution >= 0.6 is 0 Å². The summed E-state index contributed by atoms with van der Waals surface area (Å²) >= 11 is 0. The van der Waals surface area contributed by atoms with Crippen LogP contribution in [0.15, 0.2) is 54.6 Å². The molecule has 140 valence electrons. The second-order valence-corrected chi connectivity index (χ2v) is 7.13. The number of pyridine rings is 1. The molecule has 2 aromatic rings. The van der Waals surface area contributed by atoms with E-state index in [4.69, 9.17) is 0 Å². The van der Waals surface area contributed by atoms with Crippen LogP contribution in [0, 0.1) is 0 Å². The van der Waals surface area contributed by atoms with Crippen LogP contribution in [0.4, 0.5) is 5.69 Å². The first-order chi connectivity index (χ1) is 12.8. The van der Waals surface area contributed by atoms with Gasteiger partial charge in [-0.15, -0.1) is 0 Å². The van der Waals surface area contributed by atoms with Crippen molar-refractivity contribution < 1.29 is 9.90 Å². The standard InChI is InChI=1S/C21H24N4O2/c1-5-16-13-22-11-8-17(16)25-15(2)7-6-10-21(25,14-26)18-9-12-23-19(24-18)20(3,4)27/h6-14,27H,5H2,1-4H3. The molecule has 1 aliphatic rings. The van der Waals surface area contributed by atoms with Crippen molar-refractivity contribution in [3.05, 3.63) is 71.7 Å². The van der Waals surface area contributed by atoms with Crippen LogP contribution in [0.5, 0.6) is 0 Å². The molecule has 0 radical (unpaired) electrons. The van der Waals surface area contributed by atoms with Crippen LogP contribution in [-0.2, 0) is 22.4 Å². The Labute approximate surface area is 159 Å². The van der Waals surface area contributed by atoms with E-state index < -0.39 is 11.1 Å². The highest BCUT2D eigenvalue weighted by Gasteiger charge is 2.41. The lowest BCUT2D eigenvalue weighted by molar-refractivity contribution is -0.111. The topological polar surface area (TPSA) is 79.2 Å². The summed E-state index contributed by atoms with van der Waals surface area (Å²) in [6.07, 6.45) is 12.4. The van der Waals surface area contributed by atoms with Crippen molar-refractivity contribution in [1.29, 1.82) is 0 Å². The maximum atomic E-state index is 12.5. The van der Waals surface area contributed by atoms with Crippen molar-refractivity contribution in [1.82, 2.24) is 15.0 Å². The van der Waals surface area contributed by atoms with Crippen LogP contribution in [0.3, 0.4) is 0 Å². The lowest BCUT2D eigenvalue weighted by atomic mass is 9.88. The largest absolute Gasteiger partial charge is 0.382 e. The Kier molecular flexibility index (Phi) is 4.93. The minimum atomic E-state index is -1.21. The SMILES string of the molecule is CCc1cnccc1N1C(C)=CC=CC1(C=O)c1ccnc(C(C)(C)O)n1. The molecule has 6 heteroatoms. The molecule has 1 N–H and O–H groups in total. The smallest absolute Gasteiger partial charge is 0.161 e. The minimum absolute atomic E-state index is 0.271. The first-order valence-electron chi connectivity index (χ1n) is 8.95. The molecule has 1 unspecified atom stereocenters. The molecule has 6 nitrogen and oxygen atoms in total. The summed E-state index contributed by atoms with van der Waals surface area (Å²) in [5, 5.41) is 10.3. The van der Waals surface area contributed by atoms with Gasteiger partial charge in [-0.25, -0.2) is 9.97 Å². The summed E-state index contributed by atoms with van der Waals surface area (Å²) in [6, 6.07) is 3.62. The number of hydrogen-bond donors (Lipinski definition) is 1. The van der Waals surface area contributed by atoms with Crippen molar-refractivity contribution in [3.8, 4) is 0 Å². The molecule has 2 aromatic heterocycles. The minimum Gasteiger partial charge on any atom is -0.382 e. The van der Waals surface area contributed by atoms with Crippen molar-refractivity contribution in [2.24, 2.45) is 0 Å². The molecule has 3 rings (SSSR count). The Morgan fingerprint density at radius 1 is 1.30 bits per heavy atom. The predicted octanol–water partition coefficient (Wildman–Crippen LogP) is 3.04. The molecule has 0 bridgehead atoms. The monoisotopic (exact) mass is 364 g/mol. The molecule has 1 aliphatic heterocycles. The summed E-state index contributed by atoms with van der Waals surface area (Å²) in [7, 11) is 0. The van der Waals surface area contributed by atoms with Crippen LogP contribution in [0.2, 0.25) is 0 Å². The maximum absolute atomic E-state index is 12.5. The molecule has 0 aliphatic carbocycles. The fraction of sp³-hybridized carbons (Fsp3) is 0.333. The molecule has 0 fully saturated rings. The van der Waals surface area contributed by atoms with Crippen LogP contribution < -0.4 is 4.90 Å². The van der Waals surface area contributed by atoms with Gasteiger partial charge in [0, 0.05) is 30.0 Å². The highest BCUT2D eigenvalue weighted by atomic mass is 16.3. The van der Waals surface area contributed by atoms with Gasteiger partial charge in [-0.05, 0) is 57.0 Å². The van der Waals surface area contributed by atoms with E-state index in [9.17, 15) is 9.90 Å². The van der Waals surface area contributed by atoms with Gasteiger partial charge in [0.1, 0.15) is 5.60 Å². The molecule has 0 saturated heterocycles. The Morgan fingerprint density at radius 2 is 2.07 bits per heavy atom. The van der Waals surface area contributed by atoms with Crippen LogP contribution in [-0.4, -0.2) is 26.3 Å². The molecule has 0 saturated carbocycles. The van der Waals surface area contributed by atoms with E-state index in [-0.39, 0.29) is 5.82 Å². The Bertz CT molecular complexity index is 914. The third kappa shape index (κ3) is 3.28. The lowest BCUT2D eigenvalue weighted by Crippen LogP contribution is -2.48. The number of aliphatic hydroxyl groups is 1. The fourth-order valence-corrected chi connectivity index (χ4v) is 3.30. The molecule has 27 heavy (non-hydrogen) atoms. The zero-order valence-corrected chi connectivity index (χ0v) is 16.0. The quantitative estimate of drug-likeness (QED) is 0.822. The van der Waals surface area contributed by atoms with Gasteiger partial charge in [-0.1, -0.05) is 13.0 Å². The number of anilines is 1. The van der Waals surface area contributed by atoms with Gasteiger partial charge >= 0.3 is 0 Å². The van der Waals surface area contributed by atoms with Crippen molar-refractivity contribution in [2.75, 3.05) is 4.90 Å². The van der Waals surface area contributed by atoms with Gasteiger partial charge in [0.2, 0.25) is 0 Å². The molecular weight excluding hydrogens is 340 g/mol. The summed E-state index contributed by atoms with van der Waals surface area (Å²) in [4.78, 5) is 27.4. The van der Waals surface area contributed by atoms with E-state index in [1.54, 1.807) is 32.3 Å². The van der Waals surface area contributed by atoms with Crippen molar-refractivity contribution in [3.63, 3.8) is 0 Å². The van der Waals surface area contributed by atoms with Gasteiger partial charge in [-0.2, -0.15) is 0 Å². The zero-order chi connectivity index (χ0) is 19.7. The second kappa shape index (κ2) is 7.04. The van der Waals surface area contributed by atoms with Crippen molar-refractivity contribution in [2.45, 2.75) is 45.3 Å². The molecule has 1 atom stereocenters. The van der Waals surface area contributed by atoms with E-state index in [2.05, 4.69) is 21.9 Å². The van der Waals surface area contributed by atoms with Gasteiger partial charge in [0.25, 0.3) is 0 Å². The normalized spacial score (nSPS) is 19.7. The van der Waals surface area contributed by atoms with Gasteiger partial charge in [0.15, 0.2) is 17.6 Å². The van der Waals surface area contributed by atoms with Crippen molar-refractivity contribution >= 4 is 12.0 Å². The number of carbonyl (C=O) groups is 1. The lowest BCUT2D eigenvalue weighted by Gasteiger charge is -2.42. The first kappa shape index (κ1) is 18.9. The number of rotatable bonds is 5. The average Bonchev–Trinajstić information content (AvgIpc) is 2.67. The molecule has 0 amide bonds. The number of aromatic nitrogens is 3. The van der Waals surface area contributed by atoms with E-state index in [1.807, 2.05) is 42.3 Å². The van der Waals surface area contributed by atoms with Crippen LogP contribution in [0.1, 0.15) is 44.8 Å².